The molecule has 90 valence electrons. The lowest BCUT2D eigenvalue weighted by molar-refractivity contribution is -0.146. The molecule has 1 atom stereocenters. The lowest BCUT2D eigenvalue weighted by Gasteiger charge is -2.09. The molecule has 16 heavy (non-hydrogen) atoms. The average molecular weight is 235 g/mol. The van der Waals surface area contributed by atoms with Crippen molar-refractivity contribution in [2.45, 2.75) is 37.9 Å². The van der Waals surface area contributed by atoms with Crippen LogP contribution in [0, 0.1) is 0 Å². The van der Waals surface area contributed by atoms with E-state index in [1.54, 1.807) is 0 Å². The highest BCUT2D eigenvalue weighted by Gasteiger charge is 2.38. The van der Waals surface area contributed by atoms with Crippen LogP contribution in [0.25, 0.3) is 0 Å². The van der Waals surface area contributed by atoms with E-state index in [2.05, 4.69) is 20.0 Å². The van der Waals surface area contributed by atoms with Crippen molar-refractivity contribution in [3.63, 3.8) is 0 Å². The molecule has 0 bridgehead atoms. The van der Waals surface area contributed by atoms with Crippen molar-refractivity contribution in [3.8, 4) is 0 Å². The van der Waals surface area contributed by atoms with Crippen LogP contribution in [0.5, 0.6) is 0 Å². The van der Waals surface area contributed by atoms with Crippen molar-refractivity contribution in [2.75, 3.05) is 6.54 Å². The second-order valence-electron chi connectivity index (χ2n) is 3.81. The van der Waals surface area contributed by atoms with E-state index in [-0.39, 0.29) is 11.9 Å². The van der Waals surface area contributed by atoms with Crippen LogP contribution in [0.2, 0.25) is 0 Å². The van der Waals surface area contributed by atoms with Crippen molar-refractivity contribution in [2.24, 2.45) is 0 Å². The molecule has 7 heteroatoms. The number of aromatic nitrogens is 2. The van der Waals surface area contributed by atoms with Crippen LogP contribution >= 0.6 is 0 Å². The predicted octanol–water partition coefficient (Wildman–Crippen LogP) is 2.29. The highest BCUT2D eigenvalue weighted by molar-refractivity contribution is 4.96. The largest absolute Gasteiger partial charge is 0.455 e. The number of hydrogen-bond donors (Lipinski definition) is 1. The molecular weight excluding hydrogens is 223 g/mol. The van der Waals surface area contributed by atoms with Gasteiger partial charge in [-0.05, 0) is 19.4 Å². The van der Waals surface area contributed by atoms with Crippen LogP contribution < -0.4 is 5.32 Å². The van der Waals surface area contributed by atoms with E-state index < -0.39 is 12.0 Å². The molecule has 0 spiro atoms. The van der Waals surface area contributed by atoms with E-state index in [1.807, 2.05) is 0 Å². The molecule has 1 unspecified atom stereocenters. The lowest BCUT2D eigenvalue weighted by Crippen LogP contribution is -2.20. The zero-order valence-electron chi connectivity index (χ0n) is 8.55. The van der Waals surface area contributed by atoms with E-state index >= 15 is 0 Å². The first-order chi connectivity index (χ1) is 7.57. The summed E-state index contributed by atoms with van der Waals surface area (Å²) < 4.78 is 41.4. The van der Waals surface area contributed by atoms with Gasteiger partial charge in [-0.1, -0.05) is 18.0 Å². The molecule has 1 aromatic heterocycles. The maximum absolute atomic E-state index is 12.2. The first-order valence-corrected chi connectivity index (χ1v) is 5.21. The Bertz CT molecular complexity index is 342. The van der Waals surface area contributed by atoms with Gasteiger partial charge in [0, 0.05) is 0 Å². The zero-order chi connectivity index (χ0) is 11.6. The highest BCUT2D eigenvalue weighted by atomic mass is 19.4. The number of halogens is 3. The van der Waals surface area contributed by atoms with Gasteiger partial charge in [0.1, 0.15) is 0 Å². The average Bonchev–Trinajstić information content (AvgIpc) is 2.55. The Balaban J connectivity index is 2.11. The lowest BCUT2D eigenvalue weighted by atomic mass is 10.1. The third kappa shape index (κ3) is 2.52. The summed E-state index contributed by atoms with van der Waals surface area (Å²) in [6, 6.07) is -0.244. The summed E-state index contributed by atoms with van der Waals surface area (Å²) in [5, 5.41) is 6.04. The van der Waals surface area contributed by atoms with E-state index in [0.717, 1.165) is 32.2 Å². The molecule has 1 aliphatic heterocycles. The van der Waals surface area contributed by atoms with Gasteiger partial charge >= 0.3 is 6.18 Å². The van der Waals surface area contributed by atoms with E-state index in [1.165, 1.54) is 0 Å². The molecule has 0 aliphatic carbocycles. The van der Waals surface area contributed by atoms with E-state index in [9.17, 15) is 13.2 Å². The maximum atomic E-state index is 12.2. The van der Waals surface area contributed by atoms with Gasteiger partial charge in [0.15, 0.2) is 0 Å². The molecule has 1 N–H and O–H groups in total. The molecule has 0 amide bonds. The Labute approximate surface area is 90.2 Å². The molecule has 1 aliphatic rings. The van der Waals surface area contributed by atoms with Crippen LogP contribution in [-0.4, -0.2) is 16.7 Å². The summed E-state index contributed by atoms with van der Waals surface area (Å²) >= 11 is 0. The predicted molar refractivity (Wildman–Crippen MR) is 48.5 cm³/mol. The second-order valence-corrected chi connectivity index (χ2v) is 3.81. The molecule has 1 aromatic rings. The van der Waals surface area contributed by atoms with Crippen molar-refractivity contribution >= 4 is 0 Å². The summed E-state index contributed by atoms with van der Waals surface area (Å²) in [6.07, 6.45) is -0.742. The summed E-state index contributed by atoms with van der Waals surface area (Å²) in [6.45, 7) is 0.772. The molecule has 0 aromatic carbocycles. The van der Waals surface area contributed by atoms with Crippen LogP contribution in [0.1, 0.15) is 43.4 Å². The monoisotopic (exact) mass is 235 g/mol. The Hall–Kier alpha value is -1.11. The number of rotatable bonds is 1. The van der Waals surface area contributed by atoms with Gasteiger partial charge in [-0.15, -0.1) is 0 Å². The first-order valence-electron chi connectivity index (χ1n) is 5.21. The van der Waals surface area contributed by atoms with E-state index in [4.69, 9.17) is 0 Å². The minimum atomic E-state index is -4.54. The summed E-state index contributed by atoms with van der Waals surface area (Å²) in [5.74, 6) is -1.16. The van der Waals surface area contributed by atoms with Gasteiger partial charge in [0.2, 0.25) is 5.89 Å². The molecule has 0 saturated carbocycles. The SMILES string of the molecule is FC(F)(F)c1noc(C2CCCCCN2)n1. The van der Waals surface area contributed by atoms with Crippen LogP contribution in [-0.2, 0) is 6.18 Å². The quantitative estimate of drug-likeness (QED) is 0.811. The van der Waals surface area contributed by atoms with Crippen LogP contribution in [0.15, 0.2) is 4.52 Å². The number of nitrogens with one attached hydrogen (secondary N) is 1. The molecular formula is C9H12F3N3O. The Morgan fingerprint density at radius 2 is 2.06 bits per heavy atom. The first kappa shape index (κ1) is 11.4. The Morgan fingerprint density at radius 1 is 1.25 bits per heavy atom. The van der Waals surface area contributed by atoms with Gasteiger partial charge in [-0.25, -0.2) is 0 Å². The maximum Gasteiger partial charge on any atom is 0.455 e. The fourth-order valence-electron chi connectivity index (χ4n) is 1.73. The van der Waals surface area contributed by atoms with Crippen molar-refractivity contribution in [1.29, 1.82) is 0 Å². The highest BCUT2D eigenvalue weighted by Crippen LogP contribution is 2.28. The second kappa shape index (κ2) is 4.40. The molecule has 1 fully saturated rings. The van der Waals surface area contributed by atoms with Gasteiger partial charge < -0.3 is 9.84 Å². The Kier molecular flexibility index (Phi) is 3.13. The summed E-state index contributed by atoms with van der Waals surface area (Å²) in [7, 11) is 0. The summed E-state index contributed by atoms with van der Waals surface area (Å²) in [4.78, 5) is 3.38. The standard InChI is InChI=1S/C9H12F3N3O/c10-9(11,12)8-14-7(16-15-8)6-4-2-1-3-5-13-6/h6,13H,1-5H2. The van der Waals surface area contributed by atoms with E-state index in [0.29, 0.717) is 0 Å². The minimum Gasteiger partial charge on any atom is -0.337 e. The normalized spacial score (nSPS) is 23.1. The fourth-order valence-corrected chi connectivity index (χ4v) is 1.73. The number of nitrogens with zero attached hydrogens (tertiary/aromatic N) is 2. The summed E-state index contributed by atoms with van der Waals surface area (Å²) in [5.41, 5.74) is 0. The molecule has 0 radical (unpaired) electrons. The fraction of sp³-hybridized carbons (Fsp3) is 0.778. The topological polar surface area (TPSA) is 51.0 Å². The van der Waals surface area contributed by atoms with Crippen LogP contribution in [0.3, 0.4) is 0 Å². The molecule has 4 nitrogen and oxygen atoms in total. The van der Waals surface area contributed by atoms with Crippen LogP contribution in [0.4, 0.5) is 13.2 Å². The third-order valence-corrected chi connectivity index (χ3v) is 2.55. The van der Waals surface area contributed by atoms with Crippen molar-refractivity contribution in [1.82, 2.24) is 15.5 Å². The van der Waals surface area contributed by atoms with Gasteiger partial charge in [0.05, 0.1) is 6.04 Å². The number of alkyl halides is 3. The molecule has 1 saturated heterocycles. The smallest absolute Gasteiger partial charge is 0.337 e. The van der Waals surface area contributed by atoms with Gasteiger partial charge in [-0.2, -0.15) is 18.2 Å². The zero-order valence-corrected chi connectivity index (χ0v) is 8.55. The van der Waals surface area contributed by atoms with Gasteiger partial charge in [-0.3, -0.25) is 0 Å². The van der Waals surface area contributed by atoms with Crippen molar-refractivity contribution < 1.29 is 17.7 Å². The minimum absolute atomic E-state index is 0.0363. The Morgan fingerprint density at radius 3 is 2.75 bits per heavy atom. The molecule has 2 heterocycles. The van der Waals surface area contributed by atoms with Gasteiger partial charge in [0.25, 0.3) is 5.82 Å². The molecule has 2 rings (SSSR count). The van der Waals surface area contributed by atoms with Crippen molar-refractivity contribution in [3.05, 3.63) is 11.7 Å². The third-order valence-electron chi connectivity index (χ3n) is 2.55. The number of hydrogen-bond acceptors (Lipinski definition) is 4.